The maximum Gasteiger partial charge on any atom is 0.418 e. The molecule has 1 atom stereocenters. The molecule has 1 aliphatic rings. The second-order valence-corrected chi connectivity index (χ2v) is 3.63. The molecule has 1 unspecified atom stereocenters. The Bertz CT molecular complexity index is 396. The summed E-state index contributed by atoms with van der Waals surface area (Å²) in [6.07, 6.45) is -7.53. The lowest BCUT2D eigenvalue weighted by Crippen LogP contribution is -2.30. The molecule has 2 N–H and O–H groups in total. The van der Waals surface area contributed by atoms with Gasteiger partial charge >= 0.3 is 12.4 Å². The molecule has 7 heteroatoms. The van der Waals surface area contributed by atoms with E-state index < -0.39 is 29.5 Å². The summed E-state index contributed by atoms with van der Waals surface area (Å²) < 4.78 is 75.1. The Morgan fingerprint density at radius 1 is 1.12 bits per heavy atom. The summed E-state index contributed by atoms with van der Waals surface area (Å²) in [5, 5.41) is 0. The fourth-order valence-corrected chi connectivity index (χ4v) is 1.41. The Kier molecular flexibility index (Phi) is 3.31. The van der Waals surface area contributed by atoms with Gasteiger partial charge in [-0.3, -0.25) is 0 Å². The number of halogens is 6. The zero-order valence-electron chi connectivity index (χ0n) is 8.65. The molecule has 0 aromatic heterocycles. The van der Waals surface area contributed by atoms with Gasteiger partial charge in [0.2, 0.25) is 0 Å². The fraction of sp³-hybridized carbons (Fsp3) is 0.400. The Morgan fingerprint density at radius 3 is 2.06 bits per heavy atom. The molecule has 0 aliphatic heterocycles. The molecule has 1 rings (SSSR count). The van der Waals surface area contributed by atoms with Crippen LogP contribution in [0.5, 0.6) is 0 Å². The molecular formula is C10H9F6N. The number of alkyl halides is 6. The van der Waals surface area contributed by atoms with Crippen LogP contribution in [-0.4, -0.2) is 12.4 Å². The summed E-state index contributed by atoms with van der Waals surface area (Å²) in [5.41, 5.74) is 2.40. The number of nitrogens with two attached hydrogens (primary N) is 1. The molecule has 0 amide bonds. The first kappa shape index (κ1) is 13.7. The second kappa shape index (κ2) is 4.12. The zero-order chi connectivity index (χ0) is 13.4. The monoisotopic (exact) mass is 257 g/mol. The zero-order valence-corrected chi connectivity index (χ0v) is 8.65. The van der Waals surface area contributed by atoms with E-state index in [-0.39, 0.29) is 5.57 Å². The van der Waals surface area contributed by atoms with Crippen LogP contribution in [0.4, 0.5) is 26.3 Å². The average molecular weight is 257 g/mol. The summed E-state index contributed by atoms with van der Waals surface area (Å²) in [7, 11) is 0. The molecule has 0 fully saturated rings. The molecule has 0 aromatic rings. The van der Waals surface area contributed by atoms with Crippen LogP contribution < -0.4 is 5.73 Å². The number of hydrogen-bond donors (Lipinski definition) is 1. The normalized spacial score (nSPS) is 22.5. The van der Waals surface area contributed by atoms with E-state index in [1.54, 1.807) is 0 Å². The maximum absolute atomic E-state index is 12.5. The number of rotatable bonds is 0. The van der Waals surface area contributed by atoms with E-state index in [2.05, 4.69) is 0 Å². The highest BCUT2D eigenvalue weighted by Gasteiger charge is 2.45. The first-order valence-electron chi connectivity index (χ1n) is 4.53. The van der Waals surface area contributed by atoms with E-state index in [1.807, 2.05) is 0 Å². The molecule has 0 saturated carbocycles. The van der Waals surface area contributed by atoms with E-state index in [0.717, 1.165) is 6.08 Å². The standard InChI is InChI=1S/C10H9F6N/c1-5-2-3-6(9(11,12)13)8(17)7(4-5)10(14,15)16/h2-4,6H,17H2,1H3. The van der Waals surface area contributed by atoms with Crippen LogP contribution in [0.1, 0.15) is 6.92 Å². The van der Waals surface area contributed by atoms with Gasteiger partial charge in [-0.15, -0.1) is 0 Å². The molecule has 0 saturated heterocycles. The average Bonchev–Trinajstić information content (AvgIpc) is 2.23. The van der Waals surface area contributed by atoms with Crippen LogP contribution >= 0.6 is 0 Å². The van der Waals surface area contributed by atoms with Crippen molar-refractivity contribution in [3.05, 3.63) is 35.1 Å². The lowest BCUT2D eigenvalue weighted by molar-refractivity contribution is -0.153. The summed E-state index contributed by atoms with van der Waals surface area (Å²) in [6, 6.07) is 0. The van der Waals surface area contributed by atoms with Crippen molar-refractivity contribution < 1.29 is 26.3 Å². The van der Waals surface area contributed by atoms with Gasteiger partial charge in [0, 0.05) is 5.70 Å². The third-order valence-corrected chi connectivity index (χ3v) is 2.23. The quantitative estimate of drug-likeness (QED) is 0.661. The summed E-state index contributed by atoms with van der Waals surface area (Å²) in [6.45, 7) is 1.27. The fourth-order valence-electron chi connectivity index (χ4n) is 1.41. The Morgan fingerprint density at radius 2 is 1.65 bits per heavy atom. The van der Waals surface area contributed by atoms with Crippen LogP contribution in [0.15, 0.2) is 35.1 Å². The van der Waals surface area contributed by atoms with Crippen molar-refractivity contribution >= 4 is 0 Å². The molecule has 17 heavy (non-hydrogen) atoms. The highest BCUT2D eigenvalue weighted by Crippen LogP contribution is 2.39. The van der Waals surface area contributed by atoms with Crippen molar-refractivity contribution in [1.82, 2.24) is 0 Å². The predicted octanol–water partition coefficient (Wildman–Crippen LogP) is 3.46. The van der Waals surface area contributed by atoms with Crippen molar-refractivity contribution in [1.29, 1.82) is 0 Å². The number of allylic oxidation sites excluding steroid dienone is 5. The van der Waals surface area contributed by atoms with Crippen LogP contribution in [0.2, 0.25) is 0 Å². The summed E-state index contributed by atoms with van der Waals surface area (Å²) >= 11 is 0. The molecule has 1 nitrogen and oxygen atoms in total. The van der Waals surface area contributed by atoms with Gasteiger partial charge in [0.1, 0.15) is 5.92 Å². The van der Waals surface area contributed by atoms with Crippen molar-refractivity contribution in [2.75, 3.05) is 0 Å². The highest BCUT2D eigenvalue weighted by atomic mass is 19.4. The molecule has 96 valence electrons. The SMILES string of the molecule is CC1=CC(C(F)(F)F)=C(N)C(C(F)(F)F)C=C1. The van der Waals surface area contributed by atoms with Gasteiger partial charge in [0.05, 0.1) is 5.57 Å². The minimum Gasteiger partial charge on any atom is -0.401 e. The van der Waals surface area contributed by atoms with Gasteiger partial charge in [-0.1, -0.05) is 17.7 Å². The first-order chi connectivity index (χ1) is 7.53. The lowest BCUT2D eigenvalue weighted by Gasteiger charge is -2.19. The lowest BCUT2D eigenvalue weighted by atomic mass is 10.0. The second-order valence-electron chi connectivity index (χ2n) is 3.63. The van der Waals surface area contributed by atoms with Crippen molar-refractivity contribution in [2.45, 2.75) is 19.3 Å². The largest absolute Gasteiger partial charge is 0.418 e. The van der Waals surface area contributed by atoms with Gasteiger partial charge in [-0.2, -0.15) is 26.3 Å². The minimum absolute atomic E-state index is 0.0621. The summed E-state index contributed by atoms with van der Waals surface area (Å²) in [5.74, 6) is -2.41. The van der Waals surface area contributed by atoms with Crippen molar-refractivity contribution in [3.63, 3.8) is 0 Å². The van der Waals surface area contributed by atoms with Crippen molar-refractivity contribution in [3.8, 4) is 0 Å². The topological polar surface area (TPSA) is 26.0 Å². The Balaban J connectivity index is 3.37. The van der Waals surface area contributed by atoms with Crippen molar-refractivity contribution in [2.24, 2.45) is 11.7 Å². The van der Waals surface area contributed by atoms with Gasteiger partial charge < -0.3 is 5.73 Å². The predicted molar refractivity (Wildman–Crippen MR) is 49.7 cm³/mol. The van der Waals surface area contributed by atoms with Gasteiger partial charge in [0.15, 0.2) is 0 Å². The molecular weight excluding hydrogens is 248 g/mol. The highest BCUT2D eigenvalue weighted by molar-refractivity contribution is 5.40. The van der Waals surface area contributed by atoms with E-state index >= 15 is 0 Å². The van der Waals surface area contributed by atoms with Gasteiger partial charge in [-0.05, 0) is 13.0 Å². The van der Waals surface area contributed by atoms with Crippen LogP contribution in [0, 0.1) is 5.92 Å². The molecule has 0 bridgehead atoms. The Hall–Kier alpha value is -1.40. The van der Waals surface area contributed by atoms with Gasteiger partial charge in [-0.25, -0.2) is 0 Å². The molecule has 0 radical (unpaired) electrons. The van der Waals surface area contributed by atoms with Gasteiger partial charge in [0.25, 0.3) is 0 Å². The first-order valence-corrected chi connectivity index (χ1v) is 4.53. The molecule has 0 spiro atoms. The molecule has 0 aromatic carbocycles. The number of hydrogen-bond acceptors (Lipinski definition) is 1. The molecule has 0 heterocycles. The third kappa shape index (κ3) is 3.04. The van der Waals surface area contributed by atoms with E-state index in [1.165, 1.54) is 6.92 Å². The smallest absolute Gasteiger partial charge is 0.401 e. The Labute approximate surface area is 93.3 Å². The minimum atomic E-state index is -4.90. The van der Waals surface area contributed by atoms with E-state index in [0.29, 0.717) is 12.2 Å². The van der Waals surface area contributed by atoms with Crippen LogP contribution in [0.3, 0.4) is 0 Å². The van der Waals surface area contributed by atoms with E-state index in [4.69, 9.17) is 5.73 Å². The third-order valence-electron chi connectivity index (χ3n) is 2.23. The van der Waals surface area contributed by atoms with Crippen LogP contribution in [-0.2, 0) is 0 Å². The maximum atomic E-state index is 12.5. The molecule has 1 aliphatic carbocycles. The van der Waals surface area contributed by atoms with Crippen LogP contribution in [0.25, 0.3) is 0 Å². The van der Waals surface area contributed by atoms with E-state index in [9.17, 15) is 26.3 Å². The summed E-state index contributed by atoms with van der Waals surface area (Å²) in [4.78, 5) is 0.